The van der Waals surface area contributed by atoms with Gasteiger partial charge in [0, 0.05) is 13.2 Å². The van der Waals surface area contributed by atoms with Crippen LogP contribution in [0.3, 0.4) is 0 Å². The minimum atomic E-state index is 0.0802. The van der Waals surface area contributed by atoms with Crippen LogP contribution in [0.25, 0.3) is 0 Å². The second kappa shape index (κ2) is 7.09. The van der Waals surface area contributed by atoms with Gasteiger partial charge in [-0.05, 0) is 44.0 Å². The van der Waals surface area contributed by atoms with Crippen LogP contribution in [0.1, 0.15) is 18.1 Å². The second-order valence-corrected chi connectivity index (χ2v) is 5.29. The van der Waals surface area contributed by atoms with Crippen LogP contribution in [-0.2, 0) is 4.74 Å². The minimum Gasteiger partial charge on any atom is -0.437 e. The molecule has 1 unspecified atom stereocenters. The van der Waals surface area contributed by atoms with Crippen LogP contribution < -0.4 is 15.8 Å². The molecule has 0 saturated carbocycles. The van der Waals surface area contributed by atoms with Crippen molar-refractivity contribution in [3.05, 3.63) is 35.7 Å². The van der Waals surface area contributed by atoms with Gasteiger partial charge in [-0.2, -0.15) is 4.98 Å². The van der Waals surface area contributed by atoms with E-state index in [1.54, 1.807) is 7.11 Å². The molecule has 0 radical (unpaired) electrons. The Labute approximate surface area is 130 Å². The van der Waals surface area contributed by atoms with Crippen molar-refractivity contribution in [2.75, 3.05) is 24.8 Å². The molecule has 0 spiro atoms. The third-order valence-electron chi connectivity index (χ3n) is 3.34. The number of aromatic nitrogens is 2. The highest BCUT2D eigenvalue weighted by Crippen LogP contribution is 2.30. The molecule has 1 atom stereocenters. The SMILES string of the molecule is COCC(C)Nc1ncnc(Oc2ccc(C)c(C)c2)c1N. The molecule has 2 rings (SSSR count). The number of nitrogens with two attached hydrogens (primary N) is 1. The Morgan fingerprint density at radius 3 is 2.68 bits per heavy atom. The molecule has 2 aromatic rings. The van der Waals surface area contributed by atoms with Gasteiger partial charge in [-0.1, -0.05) is 6.07 Å². The van der Waals surface area contributed by atoms with Crippen LogP contribution in [0.15, 0.2) is 24.5 Å². The van der Waals surface area contributed by atoms with Gasteiger partial charge >= 0.3 is 0 Å². The van der Waals surface area contributed by atoms with Crippen LogP contribution in [0.5, 0.6) is 11.6 Å². The molecule has 1 heterocycles. The molecular weight excluding hydrogens is 280 g/mol. The Bertz CT molecular complexity index is 646. The van der Waals surface area contributed by atoms with Crippen LogP contribution in [0.4, 0.5) is 11.5 Å². The predicted molar refractivity (Wildman–Crippen MR) is 87.4 cm³/mol. The zero-order valence-electron chi connectivity index (χ0n) is 13.4. The first-order valence-corrected chi connectivity index (χ1v) is 7.12. The van der Waals surface area contributed by atoms with Crippen molar-refractivity contribution in [2.24, 2.45) is 0 Å². The van der Waals surface area contributed by atoms with E-state index in [1.165, 1.54) is 11.9 Å². The van der Waals surface area contributed by atoms with Gasteiger partial charge in [-0.25, -0.2) is 4.98 Å². The van der Waals surface area contributed by atoms with Crippen LogP contribution in [-0.4, -0.2) is 29.7 Å². The Kier molecular flexibility index (Phi) is 5.16. The number of rotatable bonds is 6. The number of methoxy groups -OCH3 is 1. The Morgan fingerprint density at radius 2 is 2.00 bits per heavy atom. The summed E-state index contributed by atoms with van der Waals surface area (Å²) in [6.07, 6.45) is 1.43. The van der Waals surface area contributed by atoms with Crippen molar-refractivity contribution in [3.8, 4) is 11.6 Å². The molecule has 0 aliphatic carbocycles. The maximum absolute atomic E-state index is 6.09. The lowest BCUT2D eigenvalue weighted by atomic mass is 10.1. The quantitative estimate of drug-likeness (QED) is 0.853. The Morgan fingerprint density at radius 1 is 1.23 bits per heavy atom. The highest BCUT2D eigenvalue weighted by molar-refractivity contribution is 5.67. The lowest BCUT2D eigenvalue weighted by molar-refractivity contribution is 0.190. The van der Waals surface area contributed by atoms with Gasteiger partial charge in [0.25, 0.3) is 0 Å². The zero-order valence-corrected chi connectivity index (χ0v) is 13.4. The summed E-state index contributed by atoms with van der Waals surface area (Å²) in [5.41, 5.74) is 8.83. The van der Waals surface area contributed by atoms with E-state index in [1.807, 2.05) is 32.0 Å². The largest absolute Gasteiger partial charge is 0.437 e. The van der Waals surface area contributed by atoms with Crippen LogP contribution >= 0.6 is 0 Å². The van der Waals surface area contributed by atoms with Gasteiger partial charge in [0.2, 0.25) is 5.88 Å². The van der Waals surface area contributed by atoms with Gasteiger partial charge in [0.1, 0.15) is 17.8 Å². The van der Waals surface area contributed by atoms with Crippen LogP contribution in [0, 0.1) is 13.8 Å². The van der Waals surface area contributed by atoms with Gasteiger partial charge in [0.05, 0.1) is 6.61 Å². The Hall–Kier alpha value is -2.34. The van der Waals surface area contributed by atoms with E-state index in [0.29, 0.717) is 29.7 Å². The van der Waals surface area contributed by atoms with Gasteiger partial charge in [0.15, 0.2) is 5.82 Å². The number of benzene rings is 1. The maximum atomic E-state index is 6.09. The summed E-state index contributed by atoms with van der Waals surface area (Å²) >= 11 is 0. The molecule has 0 fully saturated rings. The summed E-state index contributed by atoms with van der Waals surface area (Å²) < 4.78 is 10.9. The molecule has 22 heavy (non-hydrogen) atoms. The molecule has 0 bridgehead atoms. The zero-order chi connectivity index (χ0) is 16.1. The minimum absolute atomic E-state index is 0.0802. The van der Waals surface area contributed by atoms with Crippen molar-refractivity contribution in [2.45, 2.75) is 26.8 Å². The molecular formula is C16H22N4O2. The summed E-state index contributed by atoms with van der Waals surface area (Å²) in [5, 5.41) is 3.18. The molecule has 118 valence electrons. The monoisotopic (exact) mass is 302 g/mol. The van der Waals surface area contributed by atoms with Crippen molar-refractivity contribution < 1.29 is 9.47 Å². The van der Waals surface area contributed by atoms with Gasteiger partial charge in [-0.3, -0.25) is 0 Å². The molecule has 6 heteroatoms. The van der Waals surface area contributed by atoms with Crippen molar-refractivity contribution >= 4 is 11.5 Å². The number of nitrogens with zero attached hydrogens (tertiary/aromatic N) is 2. The van der Waals surface area contributed by atoms with Crippen molar-refractivity contribution in [3.63, 3.8) is 0 Å². The van der Waals surface area contributed by atoms with Crippen LogP contribution in [0.2, 0.25) is 0 Å². The van der Waals surface area contributed by atoms with Crippen molar-refractivity contribution in [1.29, 1.82) is 0 Å². The van der Waals surface area contributed by atoms with E-state index < -0.39 is 0 Å². The van der Waals surface area contributed by atoms with E-state index in [9.17, 15) is 0 Å². The first-order chi connectivity index (χ1) is 10.5. The van der Waals surface area contributed by atoms with E-state index in [4.69, 9.17) is 15.2 Å². The fraction of sp³-hybridized carbons (Fsp3) is 0.375. The lowest BCUT2D eigenvalue weighted by Gasteiger charge is -2.16. The first-order valence-electron chi connectivity index (χ1n) is 7.12. The lowest BCUT2D eigenvalue weighted by Crippen LogP contribution is -2.22. The average molecular weight is 302 g/mol. The van der Waals surface area contributed by atoms with Gasteiger partial charge < -0.3 is 20.5 Å². The van der Waals surface area contributed by atoms with Crippen molar-refractivity contribution in [1.82, 2.24) is 9.97 Å². The fourth-order valence-electron chi connectivity index (χ4n) is 1.99. The van der Waals surface area contributed by atoms with Gasteiger partial charge in [-0.15, -0.1) is 0 Å². The number of nitrogens with one attached hydrogen (secondary N) is 1. The number of nitrogen functional groups attached to an aromatic ring is 1. The normalized spacial score (nSPS) is 12.0. The molecule has 1 aromatic carbocycles. The van der Waals surface area contributed by atoms with E-state index >= 15 is 0 Å². The molecule has 6 nitrogen and oxygen atoms in total. The summed E-state index contributed by atoms with van der Waals surface area (Å²) in [7, 11) is 1.65. The fourth-order valence-corrected chi connectivity index (χ4v) is 1.99. The van der Waals surface area contributed by atoms with E-state index in [0.717, 1.165) is 5.56 Å². The summed E-state index contributed by atoms with van der Waals surface area (Å²) in [5.74, 6) is 1.58. The first kappa shape index (κ1) is 16.0. The molecule has 0 saturated heterocycles. The standard InChI is InChI=1S/C16H22N4O2/c1-10-5-6-13(7-11(10)2)22-16-14(17)15(18-9-19-16)20-12(3)8-21-4/h5-7,9,12H,8,17H2,1-4H3,(H,18,19,20). The number of hydrogen-bond acceptors (Lipinski definition) is 6. The average Bonchev–Trinajstić information content (AvgIpc) is 2.47. The highest BCUT2D eigenvalue weighted by Gasteiger charge is 2.12. The van der Waals surface area contributed by atoms with E-state index in [-0.39, 0.29) is 6.04 Å². The summed E-state index contributed by atoms with van der Waals surface area (Å²) in [4.78, 5) is 8.26. The molecule has 3 N–H and O–H groups in total. The molecule has 0 amide bonds. The smallest absolute Gasteiger partial charge is 0.248 e. The second-order valence-electron chi connectivity index (χ2n) is 5.29. The molecule has 0 aliphatic heterocycles. The molecule has 1 aromatic heterocycles. The third-order valence-corrected chi connectivity index (χ3v) is 3.34. The highest BCUT2D eigenvalue weighted by atomic mass is 16.5. The predicted octanol–water partition coefficient (Wildman–Crippen LogP) is 2.91. The summed E-state index contributed by atoms with van der Waals surface area (Å²) in [6.45, 7) is 6.62. The number of hydrogen-bond donors (Lipinski definition) is 2. The Balaban J connectivity index is 2.19. The number of anilines is 2. The summed E-state index contributed by atoms with van der Waals surface area (Å²) in [6, 6.07) is 5.93. The number of aryl methyl sites for hydroxylation is 2. The maximum Gasteiger partial charge on any atom is 0.248 e. The topological polar surface area (TPSA) is 82.3 Å². The number of ether oxygens (including phenoxy) is 2. The third kappa shape index (κ3) is 3.85. The molecule has 0 aliphatic rings. The van der Waals surface area contributed by atoms with E-state index in [2.05, 4.69) is 22.2 Å².